The summed E-state index contributed by atoms with van der Waals surface area (Å²) in [6, 6.07) is 4.02. The molecule has 0 radical (unpaired) electrons. The van der Waals surface area contributed by atoms with Crippen LogP contribution in [0.15, 0.2) is 23.1 Å². The fraction of sp³-hybridized carbons (Fsp3) is 0.100. The Kier molecular flexibility index (Phi) is 3.59. The van der Waals surface area contributed by atoms with Gasteiger partial charge in [0.05, 0.1) is 5.69 Å². The van der Waals surface area contributed by atoms with Crippen molar-refractivity contribution in [2.45, 2.75) is 11.8 Å². The Balaban J connectivity index is 2.48. The smallest absolute Gasteiger partial charge is 0.315 e. The lowest BCUT2D eigenvalue weighted by atomic mass is 10.2. The van der Waals surface area contributed by atoms with Gasteiger partial charge in [0.15, 0.2) is 0 Å². The minimum Gasteiger partial charge on any atom is -0.323 e. The van der Waals surface area contributed by atoms with Gasteiger partial charge in [-0.1, -0.05) is 6.07 Å². The number of rotatable bonds is 3. The maximum atomic E-state index is 12.8. The first-order chi connectivity index (χ1) is 9.25. The average molecular weight is 302 g/mol. The number of hydrogen-bond acceptors (Lipinski definition) is 6. The summed E-state index contributed by atoms with van der Waals surface area (Å²) in [7, 11) is -4.52. The summed E-state index contributed by atoms with van der Waals surface area (Å²) >= 11 is 0. The summed E-state index contributed by atoms with van der Waals surface area (Å²) in [5, 5.41) is 2.31. The Morgan fingerprint density at radius 2 is 1.75 bits per heavy atom. The Morgan fingerprint density at radius 1 is 1.15 bits per heavy atom. The van der Waals surface area contributed by atoms with Gasteiger partial charge in [0.25, 0.3) is 10.1 Å². The van der Waals surface area contributed by atoms with Crippen molar-refractivity contribution in [3.63, 3.8) is 0 Å². The molecule has 1 aromatic heterocycles. The minimum absolute atomic E-state index is 0.122. The van der Waals surface area contributed by atoms with E-state index in [1.807, 2.05) is 0 Å². The van der Waals surface area contributed by atoms with E-state index in [1.54, 1.807) is 6.92 Å². The number of aryl methyl sites for hydroxylation is 1. The van der Waals surface area contributed by atoms with E-state index in [1.165, 1.54) is 18.2 Å². The van der Waals surface area contributed by atoms with Crippen LogP contribution in [0.5, 0.6) is 0 Å². The second-order valence-corrected chi connectivity index (χ2v) is 5.19. The van der Waals surface area contributed by atoms with Crippen molar-refractivity contribution in [1.82, 2.24) is 15.0 Å². The maximum Gasteiger partial charge on any atom is 0.315 e. The molecule has 0 unspecified atom stereocenters. The Hall–Kier alpha value is -2.20. The third-order valence-electron chi connectivity index (χ3n) is 2.24. The van der Waals surface area contributed by atoms with E-state index < -0.39 is 33.1 Å². The monoisotopic (exact) mass is 302 g/mol. The molecule has 2 aromatic rings. The van der Waals surface area contributed by atoms with Gasteiger partial charge in [-0.25, -0.2) is 0 Å². The van der Waals surface area contributed by atoms with E-state index in [-0.39, 0.29) is 5.69 Å². The van der Waals surface area contributed by atoms with E-state index >= 15 is 0 Å². The molecule has 1 aromatic carbocycles. The van der Waals surface area contributed by atoms with Crippen LogP contribution in [0.3, 0.4) is 0 Å². The van der Waals surface area contributed by atoms with Crippen LogP contribution in [0.25, 0.3) is 0 Å². The molecular weight excluding hydrogens is 294 g/mol. The number of nitrogens with one attached hydrogen (secondary N) is 1. The molecule has 106 valence electrons. The highest BCUT2D eigenvalue weighted by Gasteiger charge is 2.17. The zero-order valence-electron chi connectivity index (χ0n) is 10.0. The second kappa shape index (κ2) is 5.06. The first-order valence-electron chi connectivity index (χ1n) is 5.18. The maximum absolute atomic E-state index is 12.8. The van der Waals surface area contributed by atoms with Crippen LogP contribution in [-0.4, -0.2) is 27.9 Å². The summed E-state index contributed by atoms with van der Waals surface area (Å²) < 4.78 is 57.2. The zero-order chi connectivity index (χ0) is 14.9. The van der Waals surface area contributed by atoms with E-state index in [0.717, 1.165) is 0 Å². The van der Waals surface area contributed by atoms with Gasteiger partial charge in [-0.15, -0.1) is 0 Å². The Morgan fingerprint density at radius 3 is 2.30 bits per heavy atom. The summed E-state index contributed by atoms with van der Waals surface area (Å²) in [5.41, 5.74) is 0.444. The molecule has 7 nitrogen and oxygen atoms in total. The van der Waals surface area contributed by atoms with Crippen molar-refractivity contribution in [2.75, 3.05) is 5.32 Å². The average Bonchev–Trinajstić information content (AvgIpc) is 2.28. The van der Waals surface area contributed by atoms with Crippen molar-refractivity contribution in [2.24, 2.45) is 0 Å². The van der Waals surface area contributed by atoms with Crippen molar-refractivity contribution in [1.29, 1.82) is 0 Å². The fourth-order valence-corrected chi connectivity index (χ4v) is 2.18. The van der Waals surface area contributed by atoms with Gasteiger partial charge < -0.3 is 5.32 Å². The molecule has 0 spiro atoms. The lowest BCUT2D eigenvalue weighted by molar-refractivity contribution is 0.458. The van der Waals surface area contributed by atoms with Crippen LogP contribution in [-0.2, 0) is 10.1 Å². The normalized spacial score (nSPS) is 11.4. The van der Waals surface area contributed by atoms with Gasteiger partial charge in [0, 0.05) is 0 Å². The van der Waals surface area contributed by atoms with Crippen molar-refractivity contribution >= 4 is 21.8 Å². The molecule has 0 saturated heterocycles. The predicted octanol–water partition coefficient (Wildman–Crippen LogP) is 1.45. The van der Waals surface area contributed by atoms with Crippen molar-refractivity contribution < 1.29 is 21.8 Å². The summed E-state index contributed by atoms with van der Waals surface area (Å²) in [6.07, 6.45) is -2.72. The van der Waals surface area contributed by atoms with Gasteiger partial charge in [-0.2, -0.15) is 32.2 Å². The third-order valence-corrected chi connectivity index (χ3v) is 3.14. The zero-order valence-corrected chi connectivity index (χ0v) is 10.8. The molecule has 0 bridgehead atoms. The molecule has 0 atom stereocenters. The predicted molar refractivity (Wildman–Crippen MR) is 64.0 cm³/mol. The minimum atomic E-state index is -4.52. The summed E-state index contributed by atoms with van der Waals surface area (Å²) in [4.78, 5) is 8.56. The quantitative estimate of drug-likeness (QED) is 0.827. The molecular formula is C10H8F2N4O3S. The van der Waals surface area contributed by atoms with E-state index in [2.05, 4.69) is 20.3 Å². The largest absolute Gasteiger partial charge is 0.323 e. The molecule has 0 amide bonds. The number of hydrogen-bond donors (Lipinski definition) is 2. The molecule has 2 N–H and O–H groups in total. The fourth-order valence-electron chi connectivity index (χ4n) is 1.45. The Labute approximate surface area is 112 Å². The number of aromatic nitrogens is 3. The van der Waals surface area contributed by atoms with Crippen molar-refractivity contribution in [3.05, 3.63) is 35.9 Å². The standard InChI is InChI=1S/C10H8F2N4O3S/c1-5-2-3-6(7(4-5)20(17,18)19)13-10-15-8(11)14-9(12)16-10/h2-4H,1H3,(H,17,18,19)(H,13,14,15,16). The molecule has 0 aliphatic heterocycles. The van der Waals surface area contributed by atoms with E-state index in [0.29, 0.717) is 5.56 Å². The summed E-state index contributed by atoms with van der Waals surface area (Å²) in [5.74, 6) is -0.524. The van der Waals surface area contributed by atoms with Gasteiger partial charge in [0.1, 0.15) is 4.90 Å². The Bertz CT molecular complexity index is 747. The first-order valence-corrected chi connectivity index (χ1v) is 6.62. The second-order valence-electron chi connectivity index (χ2n) is 3.80. The number of benzene rings is 1. The van der Waals surface area contributed by atoms with E-state index in [9.17, 15) is 17.2 Å². The van der Waals surface area contributed by atoms with Crippen LogP contribution in [0.4, 0.5) is 20.4 Å². The summed E-state index contributed by atoms with van der Waals surface area (Å²) in [6.45, 7) is 1.61. The molecule has 0 aliphatic carbocycles. The molecule has 0 fully saturated rings. The molecule has 2 rings (SSSR count). The van der Waals surface area contributed by atoms with Crippen LogP contribution in [0.2, 0.25) is 0 Å². The lowest BCUT2D eigenvalue weighted by Gasteiger charge is -2.09. The first kappa shape index (κ1) is 14.2. The van der Waals surface area contributed by atoms with Gasteiger partial charge in [-0.3, -0.25) is 4.55 Å². The highest BCUT2D eigenvalue weighted by atomic mass is 32.2. The van der Waals surface area contributed by atoms with Crippen molar-refractivity contribution in [3.8, 4) is 0 Å². The van der Waals surface area contributed by atoms with Crippen LogP contribution in [0.1, 0.15) is 5.56 Å². The van der Waals surface area contributed by atoms with Gasteiger partial charge in [0.2, 0.25) is 5.95 Å². The molecule has 10 heteroatoms. The highest BCUT2D eigenvalue weighted by Crippen LogP contribution is 2.24. The molecule has 20 heavy (non-hydrogen) atoms. The third kappa shape index (κ3) is 3.22. The molecule has 0 saturated carbocycles. The number of halogens is 2. The molecule has 1 heterocycles. The SMILES string of the molecule is Cc1ccc(Nc2nc(F)nc(F)n2)c(S(=O)(=O)O)c1. The van der Waals surface area contributed by atoms with Crippen LogP contribution in [0, 0.1) is 19.1 Å². The number of anilines is 2. The van der Waals surface area contributed by atoms with Crippen LogP contribution >= 0.6 is 0 Å². The molecule has 0 aliphatic rings. The highest BCUT2D eigenvalue weighted by molar-refractivity contribution is 7.86. The topological polar surface area (TPSA) is 105 Å². The number of nitrogens with zero attached hydrogens (tertiary/aromatic N) is 3. The lowest BCUT2D eigenvalue weighted by Crippen LogP contribution is -2.08. The van der Waals surface area contributed by atoms with Gasteiger partial charge in [-0.05, 0) is 24.6 Å². The van der Waals surface area contributed by atoms with Gasteiger partial charge >= 0.3 is 12.2 Å². The van der Waals surface area contributed by atoms with Crippen LogP contribution < -0.4 is 5.32 Å². The van der Waals surface area contributed by atoms with E-state index in [4.69, 9.17) is 4.55 Å².